The molecule has 0 radical (unpaired) electrons. The summed E-state index contributed by atoms with van der Waals surface area (Å²) < 4.78 is 5.32. The highest BCUT2D eigenvalue weighted by molar-refractivity contribution is 5.94. The third-order valence-corrected chi connectivity index (χ3v) is 5.76. The summed E-state index contributed by atoms with van der Waals surface area (Å²) in [5.74, 6) is 3.54. The van der Waals surface area contributed by atoms with E-state index in [-0.39, 0.29) is 19.1 Å². The minimum atomic E-state index is -0.0108. The van der Waals surface area contributed by atoms with Crippen molar-refractivity contribution in [1.29, 1.82) is 0 Å². The lowest BCUT2D eigenvalue weighted by Gasteiger charge is -2.26. The largest absolute Gasteiger partial charge is 0.491 e. The molecule has 5 atom stereocenters. The molecular weight excluding hydrogens is 290 g/mol. The van der Waals surface area contributed by atoms with Crippen LogP contribution in [0.15, 0.2) is 36.4 Å². The van der Waals surface area contributed by atoms with Gasteiger partial charge < -0.3 is 15.2 Å². The molecule has 0 aliphatic heterocycles. The van der Waals surface area contributed by atoms with Crippen LogP contribution in [0.2, 0.25) is 0 Å². The molecule has 1 amide bonds. The van der Waals surface area contributed by atoms with Crippen LogP contribution >= 0.6 is 0 Å². The molecule has 0 spiro atoms. The Morgan fingerprint density at radius 2 is 1.96 bits per heavy atom. The fourth-order valence-corrected chi connectivity index (χ4v) is 4.82. The second-order valence-electron chi connectivity index (χ2n) is 6.94. The average Bonchev–Trinajstić information content (AvgIpc) is 3.27. The first kappa shape index (κ1) is 14.8. The number of hydrogen-bond donors (Lipinski definition) is 2. The molecule has 3 aliphatic carbocycles. The van der Waals surface area contributed by atoms with E-state index in [1.807, 2.05) is 0 Å². The number of carbonyl (C=O) groups is 1. The first-order chi connectivity index (χ1) is 11.3. The molecule has 122 valence electrons. The fourth-order valence-electron chi connectivity index (χ4n) is 4.82. The Labute approximate surface area is 136 Å². The van der Waals surface area contributed by atoms with Crippen LogP contribution in [-0.2, 0) is 0 Å². The summed E-state index contributed by atoms with van der Waals surface area (Å²) in [6.45, 7) is 0.260. The van der Waals surface area contributed by atoms with Gasteiger partial charge in [0.2, 0.25) is 0 Å². The maximum absolute atomic E-state index is 12.5. The topological polar surface area (TPSA) is 58.6 Å². The third-order valence-electron chi connectivity index (χ3n) is 5.76. The van der Waals surface area contributed by atoms with Gasteiger partial charge in [-0.1, -0.05) is 12.2 Å². The van der Waals surface area contributed by atoms with E-state index < -0.39 is 0 Å². The smallest absolute Gasteiger partial charge is 0.251 e. The van der Waals surface area contributed by atoms with Crippen LogP contribution in [-0.4, -0.2) is 30.3 Å². The van der Waals surface area contributed by atoms with Crippen molar-refractivity contribution >= 4 is 5.91 Å². The van der Waals surface area contributed by atoms with E-state index in [0.29, 0.717) is 29.2 Å². The van der Waals surface area contributed by atoms with E-state index in [9.17, 15) is 4.79 Å². The van der Waals surface area contributed by atoms with Crippen molar-refractivity contribution < 1.29 is 14.6 Å². The Balaban J connectivity index is 1.39. The highest BCUT2D eigenvalue weighted by Gasteiger charge is 2.51. The van der Waals surface area contributed by atoms with Crippen LogP contribution in [0.25, 0.3) is 0 Å². The highest BCUT2D eigenvalue weighted by atomic mass is 16.5. The van der Waals surface area contributed by atoms with Gasteiger partial charge in [0.15, 0.2) is 0 Å². The van der Waals surface area contributed by atoms with Crippen LogP contribution in [0, 0.1) is 23.7 Å². The standard InChI is InChI=1S/C19H23NO3/c21-9-10-23-15-5-3-12(4-6-15)19(22)20-17-8-7-16-13-1-2-14(11-13)18(16)17/h1-6,13-14,16-18,21H,7-11H2,(H,20,22)/t13-,14+,16-,17+,18+/m0/s1. The first-order valence-electron chi connectivity index (χ1n) is 8.59. The number of nitrogens with one attached hydrogen (secondary N) is 1. The fraction of sp³-hybridized carbons (Fsp3) is 0.526. The lowest BCUT2D eigenvalue weighted by atomic mass is 9.84. The lowest BCUT2D eigenvalue weighted by Crippen LogP contribution is -2.40. The Morgan fingerprint density at radius 3 is 2.74 bits per heavy atom. The van der Waals surface area contributed by atoms with E-state index in [2.05, 4.69) is 17.5 Å². The summed E-state index contributed by atoms with van der Waals surface area (Å²) in [5.41, 5.74) is 0.670. The monoisotopic (exact) mass is 313 g/mol. The van der Waals surface area contributed by atoms with Gasteiger partial charge in [0.25, 0.3) is 5.91 Å². The molecule has 23 heavy (non-hydrogen) atoms. The molecule has 0 unspecified atom stereocenters. The molecule has 2 bridgehead atoms. The van der Waals surface area contributed by atoms with E-state index in [4.69, 9.17) is 9.84 Å². The van der Waals surface area contributed by atoms with Gasteiger partial charge >= 0.3 is 0 Å². The molecule has 2 saturated carbocycles. The predicted octanol–water partition coefficient (Wildman–Crippen LogP) is 2.39. The van der Waals surface area contributed by atoms with E-state index in [1.54, 1.807) is 24.3 Å². The van der Waals surface area contributed by atoms with Crippen LogP contribution in [0.1, 0.15) is 29.6 Å². The Morgan fingerprint density at radius 1 is 1.17 bits per heavy atom. The van der Waals surface area contributed by atoms with Gasteiger partial charge in [-0.3, -0.25) is 4.79 Å². The number of rotatable bonds is 5. The van der Waals surface area contributed by atoms with E-state index in [1.165, 1.54) is 12.8 Å². The zero-order chi connectivity index (χ0) is 15.8. The minimum Gasteiger partial charge on any atom is -0.491 e. The zero-order valence-corrected chi connectivity index (χ0v) is 13.2. The van der Waals surface area contributed by atoms with Gasteiger partial charge in [0, 0.05) is 11.6 Å². The van der Waals surface area contributed by atoms with Crippen molar-refractivity contribution in [2.45, 2.75) is 25.3 Å². The van der Waals surface area contributed by atoms with Crippen molar-refractivity contribution in [1.82, 2.24) is 5.32 Å². The summed E-state index contributed by atoms with van der Waals surface area (Å²) in [5, 5.41) is 12.0. The molecule has 0 aromatic heterocycles. The minimum absolute atomic E-state index is 0.0103. The summed E-state index contributed by atoms with van der Waals surface area (Å²) in [7, 11) is 0. The van der Waals surface area contributed by atoms with E-state index in [0.717, 1.165) is 18.3 Å². The first-order valence-corrected chi connectivity index (χ1v) is 8.59. The average molecular weight is 313 g/mol. The summed E-state index contributed by atoms with van der Waals surface area (Å²) >= 11 is 0. The molecule has 0 saturated heterocycles. The quantitative estimate of drug-likeness (QED) is 0.821. The number of ether oxygens (including phenoxy) is 1. The molecule has 4 nitrogen and oxygen atoms in total. The Kier molecular flexibility index (Phi) is 3.85. The van der Waals surface area contributed by atoms with E-state index >= 15 is 0 Å². The maximum atomic E-state index is 12.5. The maximum Gasteiger partial charge on any atom is 0.251 e. The number of allylic oxidation sites excluding steroid dienone is 2. The van der Waals surface area contributed by atoms with Gasteiger partial charge in [-0.2, -0.15) is 0 Å². The van der Waals surface area contributed by atoms with Gasteiger partial charge in [0.1, 0.15) is 12.4 Å². The second kappa shape index (κ2) is 6.00. The van der Waals surface area contributed by atoms with Gasteiger partial charge in [-0.05, 0) is 67.2 Å². The number of benzene rings is 1. The highest BCUT2D eigenvalue weighted by Crippen LogP contribution is 2.55. The third kappa shape index (κ3) is 2.65. The second-order valence-corrected chi connectivity index (χ2v) is 6.94. The number of hydrogen-bond acceptors (Lipinski definition) is 3. The van der Waals surface area contributed by atoms with Crippen LogP contribution in [0.4, 0.5) is 0 Å². The van der Waals surface area contributed by atoms with Crippen molar-refractivity contribution in [3.05, 3.63) is 42.0 Å². The zero-order valence-electron chi connectivity index (χ0n) is 13.2. The Hall–Kier alpha value is -1.81. The van der Waals surface area contributed by atoms with Gasteiger partial charge in [-0.15, -0.1) is 0 Å². The lowest BCUT2D eigenvalue weighted by molar-refractivity contribution is 0.0921. The molecule has 0 heterocycles. The molecule has 4 rings (SSSR count). The van der Waals surface area contributed by atoms with Crippen LogP contribution < -0.4 is 10.1 Å². The van der Waals surface area contributed by atoms with Crippen LogP contribution in [0.5, 0.6) is 5.75 Å². The SMILES string of the molecule is O=C(N[C@@H]1CC[C@@H]2[C@H]1[C@@H]1C=C[C@H]2C1)c1ccc(OCCO)cc1. The van der Waals surface area contributed by atoms with Crippen molar-refractivity contribution in [2.75, 3.05) is 13.2 Å². The summed E-state index contributed by atoms with van der Waals surface area (Å²) in [6.07, 6.45) is 8.39. The van der Waals surface area contributed by atoms with Crippen molar-refractivity contribution in [3.63, 3.8) is 0 Å². The Bertz CT molecular complexity index is 610. The van der Waals surface area contributed by atoms with Crippen molar-refractivity contribution in [2.24, 2.45) is 23.7 Å². The predicted molar refractivity (Wildman–Crippen MR) is 87.2 cm³/mol. The molecule has 2 fully saturated rings. The molecule has 3 aliphatic rings. The normalized spacial score (nSPS) is 33.7. The molecule has 4 heteroatoms. The number of carbonyl (C=O) groups excluding carboxylic acids is 1. The summed E-state index contributed by atoms with van der Waals surface area (Å²) in [6, 6.07) is 7.45. The molecule has 1 aromatic rings. The molecule has 1 aromatic carbocycles. The molecule has 2 N–H and O–H groups in total. The van der Waals surface area contributed by atoms with Gasteiger partial charge in [-0.25, -0.2) is 0 Å². The van der Waals surface area contributed by atoms with Crippen LogP contribution in [0.3, 0.4) is 0 Å². The number of amides is 1. The van der Waals surface area contributed by atoms with Gasteiger partial charge in [0.05, 0.1) is 6.61 Å². The number of aliphatic hydroxyl groups excluding tert-OH is 1. The van der Waals surface area contributed by atoms with Crippen molar-refractivity contribution in [3.8, 4) is 5.75 Å². The summed E-state index contributed by atoms with van der Waals surface area (Å²) in [4.78, 5) is 12.5. The number of aliphatic hydroxyl groups is 1. The number of fused-ring (bicyclic) bond motifs is 5. The molecular formula is C19H23NO3.